The van der Waals surface area contributed by atoms with Gasteiger partial charge in [-0.25, -0.2) is 4.98 Å². The van der Waals surface area contributed by atoms with Gasteiger partial charge < -0.3 is 14.4 Å². The molecule has 26 heavy (non-hydrogen) atoms. The highest BCUT2D eigenvalue weighted by molar-refractivity contribution is 5.79. The lowest BCUT2D eigenvalue weighted by molar-refractivity contribution is -0.138. The van der Waals surface area contributed by atoms with Gasteiger partial charge >= 0.3 is 0 Å². The van der Waals surface area contributed by atoms with E-state index in [-0.39, 0.29) is 5.92 Å². The number of carbonyl (C=O) groups excluding carboxylic acids is 1. The van der Waals surface area contributed by atoms with Crippen LogP contribution < -0.4 is 0 Å². The molecule has 0 atom stereocenters. The van der Waals surface area contributed by atoms with Gasteiger partial charge in [0.05, 0.1) is 17.6 Å². The first kappa shape index (κ1) is 17.5. The van der Waals surface area contributed by atoms with Gasteiger partial charge in [-0.2, -0.15) is 0 Å². The average Bonchev–Trinajstić information content (AvgIpc) is 2.98. The number of aromatic nitrogens is 2. The number of amides is 1. The second-order valence-electron chi connectivity index (χ2n) is 7.75. The number of para-hydroxylation sites is 2. The summed E-state index contributed by atoms with van der Waals surface area (Å²) in [7, 11) is 4.22. The standard InChI is InChI=1S/C20H29N5O/c1-22-11-13-25(14-12-22)20(26)16-7-9-24(10-8-16)15-19-21-17-5-3-4-6-18(17)23(19)2/h3-6,16H,7-15H2,1-2H3. The summed E-state index contributed by atoms with van der Waals surface area (Å²) in [6.07, 6.45) is 1.93. The maximum Gasteiger partial charge on any atom is 0.225 e. The Hall–Kier alpha value is -1.92. The molecule has 0 bridgehead atoms. The van der Waals surface area contributed by atoms with Gasteiger partial charge in [0.15, 0.2) is 0 Å². The number of imidazole rings is 1. The van der Waals surface area contributed by atoms with Crippen LogP contribution >= 0.6 is 0 Å². The molecule has 4 rings (SSSR count). The van der Waals surface area contributed by atoms with Gasteiger partial charge in [-0.05, 0) is 45.1 Å². The van der Waals surface area contributed by atoms with Crippen molar-refractivity contribution in [2.45, 2.75) is 19.4 Å². The number of rotatable bonds is 3. The number of likely N-dealkylation sites (N-methyl/N-ethyl adjacent to an activating group) is 1. The minimum Gasteiger partial charge on any atom is -0.340 e. The molecule has 0 spiro atoms. The van der Waals surface area contributed by atoms with Crippen LogP contribution in [0.15, 0.2) is 24.3 Å². The van der Waals surface area contributed by atoms with Crippen LogP contribution in [0.2, 0.25) is 0 Å². The highest BCUT2D eigenvalue weighted by Crippen LogP contribution is 2.23. The highest BCUT2D eigenvalue weighted by atomic mass is 16.2. The van der Waals surface area contributed by atoms with Crippen molar-refractivity contribution in [1.82, 2.24) is 24.3 Å². The summed E-state index contributed by atoms with van der Waals surface area (Å²) >= 11 is 0. The lowest BCUT2D eigenvalue weighted by Gasteiger charge is -2.37. The maximum atomic E-state index is 12.8. The van der Waals surface area contributed by atoms with Crippen LogP contribution in [0.25, 0.3) is 11.0 Å². The summed E-state index contributed by atoms with van der Waals surface area (Å²) in [6, 6.07) is 8.28. The Morgan fingerprint density at radius 1 is 1.04 bits per heavy atom. The first-order chi connectivity index (χ1) is 12.6. The molecule has 0 aliphatic carbocycles. The van der Waals surface area contributed by atoms with Gasteiger partial charge in [-0.1, -0.05) is 12.1 Å². The van der Waals surface area contributed by atoms with Crippen molar-refractivity contribution in [3.8, 4) is 0 Å². The summed E-state index contributed by atoms with van der Waals surface area (Å²) in [6.45, 7) is 6.58. The van der Waals surface area contributed by atoms with E-state index < -0.39 is 0 Å². The smallest absolute Gasteiger partial charge is 0.225 e. The normalized spacial score (nSPS) is 20.8. The minimum atomic E-state index is 0.204. The quantitative estimate of drug-likeness (QED) is 0.838. The fourth-order valence-corrected chi connectivity index (χ4v) is 4.16. The van der Waals surface area contributed by atoms with Crippen LogP contribution in [-0.4, -0.2) is 76.5 Å². The molecule has 0 unspecified atom stereocenters. The Morgan fingerprint density at radius 3 is 2.42 bits per heavy atom. The predicted molar refractivity (Wildman–Crippen MR) is 103 cm³/mol. The third-order valence-electron chi connectivity index (χ3n) is 6.00. The van der Waals surface area contributed by atoms with Gasteiger partial charge in [-0.3, -0.25) is 9.69 Å². The number of likely N-dealkylation sites (tertiary alicyclic amines) is 1. The number of piperazine rings is 1. The predicted octanol–water partition coefficient (Wildman–Crippen LogP) is 1.56. The molecule has 6 heteroatoms. The van der Waals surface area contributed by atoms with Gasteiger partial charge in [0.25, 0.3) is 0 Å². The lowest BCUT2D eigenvalue weighted by Crippen LogP contribution is -2.50. The molecule has 2 fully saturated rings. The summed E-state index contributed by atoms with van der Waals surface area (Å²) in [4.78, 5) is 24.4. The molecule has 0 radical (unpaired) electrons. The Labute approximate surface area is 155 Å². The molecule has 1 aromatic heterocycles. The lowest BCUT2D eigenvalue weighted by atomic mass is 9.95. The molecule has 6 nitrogen and oxygen atoms in total. The number of fused-ring (bicyclic) bond motifs is 1. The summed E-state index contributed by atoms with van der Waals surface area (Å²) in [5.41, 5.74) is 2.24. The minimum absolute atomic E-state index is 0.204. The van der Waals surface area contributed by atoms with E-state index in [2.05, 4.69) is 51.6 Å². The first-order valence-corrected chi connectivity index (χ1v) is 9.72. The van der Waals surface area contributed by atoms with Crippen molar-refractivity contribution in [2.75, 3.05) is 46.3 Å². The summed E-state index contributed by atoms with van der Waals surface area (Å²) in [5.74, 6) is 1.69. The number of hydrogen-bond acceptors (Lipinski definition) is 4. The number of piperidine rings is 1. The molecule has 2 aromatic rings. The number of aryl methyl sites for hydroxylation is 1. The van der Waals surface area contributed by atoms with Gasteiger partial charge in [0.1, 0.15) is 5.82 Å². The van der Waals surface area contributed by atoms with E-state index in [1.807, 2.05) is 6.07 Å². The maximum absolute atomic E-state index is 12.8. The second kappa shape index (κ2) is 7.37. The highest BCUT2D eigenvalue weighted by Gasteiger charge is 2.30. The van der Waals surface area contributed by atoms with E-state index in [1.54, 1.807) is 0 Å². The Bertz CT molecular complexity index is 770. The Morgan fingerprint density at radius 2 is 1.73 bits per heavy atom. The molecule has 1 amide bonds. The van der Waals surface area contributed by atoms with Crippen LogP contribution in [0.4, 0.5) is 0 Å². The van der Waals surface area contributed by atoms with E-state index in [0.717, 1.165) is 70.0 Å². The van der Waals surface area contributed by atoms with Crippen molar-refractivity contribution in [2.24, 2.45) is 13.0 Å². The average molecular weight is 355 g/mol. The summed E-state index contributed by atoms with van der Waals surface area (Å²) < 4.78 is 2.19. The van der Waals surface area contributed by atoms with E-state index in [1.165, 1.54) is 5.52 Å². The fraction of sp³-hybridized carbons (Fsp3) is 0.600. The SMILES string of the molecule is CN1CCN(C(=O)C2CCN(Cc3nc4ccccc4n3C)CC2)CC1. The van der Waals surface area contributed by atoms with E-state index in [4.69, 9.17) is 4.98 Å². The van der Waals surface area contributed by atoms with Gasteiger partial charge in [0, 0.05) is 39.1 Å². The number of hydrogen-bond donors (Lipinski definition) is 0. The molecule has 3 heterocycles. The molecule has 140 valence electrons. The van der Waals surface area contributed by atoms with E-state index in [9.17, 15) is 4.79 Å². The van der Waals surface area contributed by atoms with Crippen molar-refractivity contribution in [3.63, 3.8) is 0 Å². The molecular weight excluding hydrogens is 326 g/mol. The monoisotopic (exact) mass is 355 g/mol. The van der Waals surface area contributed by atoms with E-state index >= 15 is 0 Å². The third-order valence-corrected chi connectivity index (χ3v) is 6.00. The number of carbonyl (C=O) groups is 1. The van der Waals surface area contributed by atoms with Gasteiger partial charge in [0.2, 0.25) is 5.91 Å². The number of nitrogens with zero attached hydrogens (tertiary/aromatic N) is 5. The second-order valence-corrected chi connectivity index (χ2v) is 7.75. The Balaban J connectivity index is 1.33. The zero-order valence-electron chi connectivity index (χ0n) is 15.9. The summed E-state index contributed by atoms with van der Waals surface area (Å²) in [5, 5.41) is 0. The zero-order chi connectivity index (χ0) is 18.1. The molecule has 0 N–H and O–H groups in total. The molecule has 2 aliphatic heterocycles. The van der Waals surface area contributed by atoms with Crippen molar-refractivity contribution < 1.29 is 4.79 Å². The van der Waals surface area contributed by atoms with Gasteiger partial charge in [-0.15, -0.1) is 0 Å². The van der Waals surface area contributed by atoms with Crippen LogP contribution in [0.3, 0.4) is 0 Å². The van der Waals surface area contributed by atoms with Crippen molar-refractivity contribution >= 4 is 16.9 Å². The third kappa shape index (κ3) is 3.48. The van der Waals surface area contributed by atoms with Crippen LogP contribution in [-0.2, 0) is 18.4 Å². The topological polar surface area (TPSA) is 44.6 Å². The van der Waals surface area contributed by atoms with Crippen LogP contribution in [0.5, 0.6) is 0 Å². The molecule has 1 aromatic carbocycles. The Kier molecular flexibility index (Phi) is 4.96. The zero-order valence-corrected chi connectivity index (χ0v) is 15.9. The van der Waals surface area contributed by atoms with Crippen molar-refractivity contribution in [3.05, 3.63) is 30.1 Å². The first-order valence-electron chi connectivity index (χ1n) is 9.72. The molecule has 0 saturated carbocycles. The largest absolute Gasteiger partial charge is 0.340 e. The molecule has 2 saturated heterocycles. The van der Waals surface area contributed by atoms with Crippen molar-refractivity contribution in [1.29, 1.82) is 0 Å². The molecule has 2 aliphatic rings. The number of benzene rings is 1. The van der Waals surface area contributed by atoms with E-state index in [0.29, 0.717) is 5.91 Å². The van der Waals surface area contributed by atoms with Crippen LogP contribution in [0.1, 0.15) is 18.7 Å². The van der Waals surface area contributed by atoms with Crippen LogP contribution in [0, 0.1) is 5.92 Å². The molecular formula is C20H29N5O. The fourth-order valence-electron chi connectivity index (χ4n) is 4.16.